The van der Waals surface area contributed by atoms with Gasteiger partial charge in [-0.2, -0.15) is 4.98 Å². The number of hydrogen-bond acceptors (Lipinski definition) is 5. The van der Waals surface area contributed by atoms with Gasteiger partial charge in [-0.25, -0.2) is 0 Å². The van der Waals surface area contributed by atoms with Crippen LogP contribution in [0.4, 0.5) is 0 Å². The van der Waals surface area contributed by atoms with Gasteiger partial charge in [-0.3, -0.25) is 0 Å². The van der Waals surface area contributed by atoms with E-state index in [0.717, 1.165) is 28.8 Å². The first-order valence-electron chi connectivity index (χ1n) is 7.45. The summed E-state index contributed by atoms with van der Waals surface area (Å²) in [4.78, 5) is 4.63. The van der Waals surface area contributed by atoms with Gasteiger partial charge in [-0.15, -0.1) is 0 Å². The van der Waals surface area contributed by atoms with Crippen LogP contribution in [0.1, 0.15) is 31.1 Å². The number of hydrogen-bond donors (Lipinski definition) is 1. The molecule has 5 rings (SSSR count). The van der Waals surface area contributed by atoms with Gasteiger partial charge in [0, 0.05) is 17.5 Å². The summed E-state index contributed by atoms with van der Waals surface area (Å²) >= 11 is 0. The summed E-state index contributed by atoms with van der Waals surface area (Å²) in [7, 11) is 0. The molecular formula is C16H15N3O2. The van der Waals surface area contributed by atoms with Crippen molar-refractivity contribution in [1.82, 2.24) is 15.5 Å². The molecule has 3 atom stereocenters. The summed E-state index contributed by atoms with van der Waals surface area (Å²) in [6, 6.07) is 9.04. The van der Waals surface area contributed by atoms with Crippen molar-refractivity contribution in [2.24, 2.45) is 0 Å². The van der Waals surface area contributed by atoms with Gasteiger partial charge in [0.15, 0.2) is 0 Å². The molecule has 2 aliphatic rings. The number of furan rings is 1. The predicted octanol–water partition coefficient (Wildman–Crippen LogP) is 3.09. The maximum atomic E-state index is 5.55. The first-order valence-corrected chi connectivity index (χ1v) is 7.45. The predicted molar refractivity (Wildman–Crippen MR) is 76.8 cm³/mol. The highest BCUT2D eigenvalue weighted by Crippen LogP contribution is 2.40. The van der Waals surface area contributed by atoms with Crippen molar-refractivity contribution in [3.63, 3.8) is 0 Å². The Hall–Kier alpha value is -2.14. The molecule has 2 fully saturated rings. The van der Waals surface area contributed by atoms with E-state index in [9.17, 15) is 0 Å². The Kier molecular flexibility index (Phi) is 2.29. The van der Waals surface area contributed by atoms with Crippen molar-refractivity contribution >= 4 is 11.0 Å². The highest BCUT2D eigenvalue weighted by atomic mass is 16.5. The average molecular weight is 281 g/mol. The van der Waals surface area contributed by atoms with Crippen LogP contribution in [-0.4, -0.2) is 22.2 Å². The van der Waals surface area contributed by atoms with E-state index < -0.39 is 0 Å². The first kappa shape index (κ1) is 11.5. The molecule has 21 heavy (non-hydrogen) atoms. The number of aromatic nitrogens is 2. The Bertz CT molecular complexity index is 807. The van der Waals surface area contributed by atoms with Crippen LogP contribution >= 0.6 is 0 Å². The van der Waals surface area contributed by atoms with Gasteiger partial charge in [0.05, 0.1) is 11.5 Å². The maximum absolute atomic E-state index is 5.55. The van der Waals surface area contributed by atoms with E-state index in [0.29, 0.717) is 23.8 Å². The summed E-state index contributed by atoms with van der Waals surface area (Å²) in [5, 5.41) is 8.79. The largest absolute Gasteiger partial charge is 0.464 e. The van der Waals surface area contributed by atoms with E-state index in [1.165, 1.54) is 12.8 Å². The number of nitrogens with one attached hydrogen (secondary N) is 1. The van der Waals surface area contributed by atoms with Crippen LogP contribution in [0.15, 0.2) is 39.5 Å². The minimum atomic E-state index is 0.364. The molecule has 0 saturated carbocycles. The normalized spacial score (nSPS) is 27.7. The third kappa shape index (κ3) is 1.67. The first-order chi connectivity index (χ1) is 10.4. The average Bonchev–Trinajstić information content (AvgIpc) is 3.28. The van der Waals surface area contributed by atoms with Crippen molar-refractivity contribution in [3.05, 3.63) is 36.4 Å². The van der Waals surface area contributed by atoms with Crippen molar-refractivity contribution < 1.29 is 8.94 Å². The Balaban J connectivity index is 1.53. The van der Waals surface area contributed by atoms with E-state index in [-0.39, 0.29) is 0 Å². The van der Waals surface area contributed by atoms with Crippen LogP contribution in [0.2, 0.25) is 0 Å². The standard InChI is InChI=1S/C16H15N3O2/c1-2-4-14-10(3-1)12(8-20-14)15-18-16(21-19-15)11-7-9-5-6-13(11)17-9/h1-4,8-9,11,13,17H,5-7H2. The zero-order chi connectivity index (χ0) is 13.8. The second-order valence-corrected chi connectivity index (χ2v) is 5.99. The van der Waals surface area contributed by atoms with Gasteiger partial charge in [0.1, 0.15) is 11.8 Å². The van der Waals surface area contributed by atoms with Crippen LogP contribution in [0.5, 0.6) is 0 Å². The van der Waals surface area contributed by atoms with Gasteiger partial charge < -0.3 is 14.3 Å². The zero-order valence-electron chi connectivity index (χ0n) is 11.5. The summed E-state index contributed by atoms with van der Waals surface area (Å²) in [6.45, 7) is 0. The summed E-state index contributed by atoms with van der Waals surface area (Å²) in [5.41, 5.74) is 1.75. The van der Waals surface area contributed by atoms with Crippen LogP contribution in [0, 0.1) is 0 Å². The molecule has 0 radical (unpaired) electrons. The molecule has 5 nitrogen and oxygen atoms in total. The number of fused-ring (bicyclic) bond motifs is 3. The van der Waals surface area contributed by atoms with E-state index in [4.69, 9.17) is 8.94 Å². The van der Waals surface area contributed by atoms with Gasteiger partial charge in [0.2, 0.25) is 11.7 Å². The van der Waals surface area contributed by atoms with E-state index in [1.54, 1.807) is 6.26 Å². The van der Waals surface area contributed by atoms with Crippen LogP contribution in [0.25, 0.3) is 22.4 Å². The smallest absolute Gasteiger partial charge is 0.231 e. The van der Waals surface area contributed by atoms with Gasteiger partial charge in [0.25, 0.3) is 0 Å². The molecule has 2 bridgehead atoms. The monoisotopic (exact) mass is 281 g/mol. The molecule has 5 heteroatoms. The summed E-state index contributed by atoms with van der Waals surface area (Å²) in [6.07, 6.45) is 5.30. The Morgan fingerprint density at radius 3 is 3.00 bits per heavy atom. The SMILES string of the molecule is c1ccc2c(-c3noc(C4CC5CCC4N5)n3)coc2c1. The molecule has 2 saturated heterocycles. The number of benzene rings is 1. The van der Waals surface area contributed by atoms with E-state index in [2.05, 4.69) is 15.5 Å². The lowest BCUT2D eigenvalue weighted by Gasteiger charge is -2.15. The highest BCUT2D eigenvalue weighted by Gasteiger charge is 2.42. The topological polar surface area (TPSA) is 64.1 Å². The maximum Gasteiger partial charge on any atom is 0.231 e. The molecule has 1 N–H and O–H groups in total. The second-order valence-electron chi connectivity index (χ2n) is 5.99. The molecule has 3 aromatic rings. The minimum Gasteiger partial charge on any atom is -0.464 e. The zero-order valence-corrected chi connectivity index (χ0v) is 11.5. The van der Waals surface area contributed by atoms with Crippen LogP contribution in [0.3, 0.4) is 0 Å². The Morgan fingerprint density at radius 1 is 1.19 bits per heavy atom. The third-order valence-corrected chi connectivity index (χ3v) is 4.78. The summed E-state index contributed by atoms with van der Waals surface area (Å²) in [5.74, 6) is 1.75. The number of para-hydroxylation sites is 1. The minimum absolute atomic E-state index is 0.364. The molecule has 106 valence electrons. The lowest BCUT2D eigenvalue weighted by atomic mass is 9.89. The highest BCUT2D eigenvalue weighted by molar-refractivity contribution is 5.91. The van der Waals surface area contributed by atoms with Crippen molar-refractivity contribution in [2.75, 3.05) is 0 Å². The molecular weight excluding hydrogens is 266 g/mol. The molecule has 0 aliphatic carbocycles. The summed E-state index contributed by atoms with van der Waals surface area (Å²) < 4.78 is 11.1. The third-order valence-electron chi connectivity index (χ3n) is 4.78. The van der Waals surface area contributed by atoms with Crippen LogP contribution in [-0.2, 0) is 0 Å². The fourth-order valence-electron chi connectivity index (χ4n) is 3.74. The molecule has 1 aromatic carbocycles. The molecule has 3 unspecified atom stereocenters. The second kappa shape index (κ2) is 4.18. The van der Waals surface area contributed by atoms with Crippen molar-refractivity contribution in [3.8, 4) is 11.4 Å². The van der Waals surface area contributed by atoms with Gasteiger partial charge in [-0.1, -0.05) is 23.4 Å². The Labute approximate surface area is 121 Å². The molecule has 0 amide bonds. The Morgan fingerprint density at radius 2 is 2.14 bits per heavy atom. The quantitative estimate of drug-likeness (QED) is 0.782. The van der Waals surface area contributed by atoms with E-state index >= 15 is 0 Å². The molecule has 2 aliphatic heterocycles. The van der Waals surface area contributed by atoms with Crippen molar-refractivity contribution in [1.29, 1.82) is 0 Å². The van der Waals surface area contributed by atoms with Crippen molar-refractivity contribution in [2.45, 2.75) is 37.3 Å². The fourth-order valence-corrected chi connectivity index (χ4v) is 3.74. The van der Waals surface area contributed by atoms with Gasteiger partial charge in [-0.05, 0) is 25.3 Å². The molecule has 4 heterocycles. The fraction of sp³-hybridized carbons (Fsp3) is 0.375. The molecule has 2 aromatic heterocycles. The van der Waals surface area contributed by atoms with Crippen LogP contribution < -0.4 is 5.32 Å². The van der Waals surface area contributed by atoms with E-state index in [1.807, 2.05) is 24.3 Å². The number of rotatable bonds is 2. The lowest BCUT2D eigenvalue weighted by Crippen LogP contribution is -2.21. The molecule has 0 spiro atoms. The van der Waals surface area contributed by atoms with Gasteiger partial charge >= 0.3 is 0 Å². The lowest BCUT2D eigenvalue weighted by molar-refractivity contribution is 0.329. The number of nitrogens with zero attached hydrogens (tertiary/aromatic N) is 2.